The van der Waals surface area contributed by atoms with Crippen LogP contribution in [0.4, 0.5) is 0 Å². The average Bonchev–Trinajstić information content (AvgIpc) is 2.77. The Bertz CT molecular complexity index is 380. The molecule has 0 amide bonds. The van der Waals surface area contributed by atoms with E-state index < -0.39 is 0 Å². The molecule has 0 radical (unpaired) electrons. The van der Waals surface area contributed by atoms with Gasteiger partial charge in [-0.2, -0.15) is 0 Å². The second-order valence-corrected chi connectivity index (χ2v) is 9.65. The highest BCUT2D eigenvalue weighted by Crippen LogP contribution is 2.21. The lowest BCUT2D eigenvalue weighted by molar-refractivity contribution is -0.181. The van der Waals surface area contributed by atoms with Gasteiger partial charge in [0, 0.05) is 0 Å². The van der Waals surface area contributed by atoms with E-state index >= 15 is 0 Å². The lowest BCUT2D eigenvalue weighted by Crippen LogP contribution is -2.34. The number of rotatable bonds is 16. The molecular formula is C25H48O6. The second-order valence-electron chi connectivity index (χ2n) is 9.65. The first-order valence-electron chi connectivity index (χ1n) is 12.7. The molecule has 2 unspecified atom stereocenters. The predicted molar refractivity (Wildman–Crippen MR) is 122 cm³/mol. The van der Waals surface area contributed by atoms with Gasteiger partial charge >= 0.3 is 0 Å². The molecule has 0 spiro atoms. The maximum absolute atomic E-state index is 6.13. The van der Waals surface area contributed by atoms with Crippen LogP contribution in [0.5, 0.6) is 0 Å². The van der Waals surface area contributed by atoms with Crippen LogP contribution >= 0.6 is 0 Å². The van der Waals surface area contributed by atoms with Crippen molar-refractivity contribution in [3.63, 3.8) is 0 Å². The highest BCUT2D eigenvalue weighted by atomic mass is 16.7. The molecular weight excluding hydrogens is 396 g/mol. The molecule has 31 heavy (non-hydrogen) atoms. The molecule has 2 saturated carbocycles. The number of hydrogen-bond donors (Lipinski definition) is 0. The van der Waals surface area contributed by atoms with E-state index in [0.29, 0.717) is 38.6 Å². The van der Waals surface area contributed by atoms with Crippen molar-refractivity contribution < 1.29 is 28.4 Å². The summed E-state index contributed by atoms with van der Waals surface area (Å²) in [4.78, 5) is 0. The molecule has 6 nitrogen and oxygen atoms in total. The van der Waals surface area contributed by atoms with Crippen LogP contribution in [0, 0.1) is 0 Å². The van der Waals surface area contributed by atoms with E-state index in [1.165, 1.54) is 38.5 Å². The van der Waals surface area contributed by atoms with E-state index in [1.54, 1.807) is 0 Å². The molecule has 2 aliphatic carbocycles. The fraction of sp³-hybridized carbons (Fsp3) is 1.00. The Morgan fingerprint density at radius 3 is 1.26 bits per heavy atom. The normalized spacial score (nSPS) is 21.1. The SMILES string of the molecule is CC(C)OCC(COC1CCCCC1)OCOC(COC(C)C)COC1CCCCC1. The summed E-state index contributed by atoms with van der Waals surface area (Å²) in [5.74, 6) is 0. The minimum atomic E-state index is -0.129. The monoisotopic (exact) mass is 444 g/mol. The zero-order valence-corrected chi connectivity index (χ0v) is 20.5. The molecule has 184 valence electrons. The topological polar surface area (TPSA) is 55.4 Å². The van der Waals surface area contributed by atoms with Crippen LogP contribution in [0.2, 0.25) is 0 Å². The summed E-state index contributed by atoms with van der Waals surface area (Å²) in [5, 5.41) is 0. The Morgan fingerprint density at radius 2 is 0.903 bits per heavy atom. The lowest BCUT2D eigenvalue weighted by atomic mass is 9.98. The Kier molecular flexibility index (Phi) is 14.3. The fourth-order valence-corrected chi connectivity index (χ4v) is 4.07. The largest absolute Gasteiger partial charge is 0.376 e. The summed E-state index contributed by atoms with van der Waals surface area (Å²) in [7, 11) is 0. The third-order valence-corrected chi connectivity index (χ3v) is 5.98. The minimum absolute atomic E-state index is 0.129. The summed E-state index contributed by atoms with van der Waals surface area (Å²) in [6.07, 6.45) is 13.1. The van der Waals surface area contributed by atoms with Gasteiger partial charge in [0.25, 0.3) is 0 Å². The first kappa shape index (κ1) is 27.0. The molecule has 2 fully saturated rings. The van der Waals surface area contributed by atoms with Crippen molar-refractivity contribution in [1.29, 1.82) is 0 Å². The Hall–Kier alpha value is -0.240. The summed E-state index contributed by atoms with van der Waals surface area (Å²) in [6, 6.07) is 0. The third-order valence-electron chi connectivity index (χ3n) is 5.98. The molecule has 0 saturated heterocycles. The van der Waals surface area contributed by atoms with Crippen molar-refractivity contribution in [1.82, 2.24) is 0 Å². The lowest BCUT2D eigenvalue weighted by Gasteiger charge is -2.27. The molecule has 0 heterocycles. The van der Waals surface area contributed by atoms with Crippen LogP contribution in [0.3, 0.4) is 0 Å². The Balaban J connectivity index is 1.74. The number of ether oxygens (including phenoxy) is 6. The van der Waals surface area contributed by atoms with E-state index in [2.05, 4.69) is 0 Å². The van der Waals surface area contributed by atoms with Gasteiger partial charge in [-0.15, -0.1) is 0 Å². The Labute approximate surface area is 190 Å². The molecule has 0 bridgehead atoms. The zero-order chi connectivity index (χ0) is 22.3. The van der Waals surface area contributed by atoms with E-state index in [-0.39, 0.29) is 31.2 Å². The van der Waals surface area contributed by atoms with Crippen LogP contribution in [0.15, 0.2) is 0 Å². The molecule has 0 aliphatic heterocycles. The number of hydrogen-bond acceptors (Lipinski definition) is 6. The van der Waals surface area contributed by atoms with Crippen molar-refractivity contribution in [3.05, 3.63) is 0 Å². The molecule has 2 aliphatic rings. The van der Waals surface area contributed by atoms with Crippen molar-refractivity contribution >= 4 is 0 Å². The van der Waals surface area contributed by atoms with E-state index in [4.69, 9.17) is 28.4 Å². The summed E-state index contributed by atoms with van der Waals surface area (Å²) in [6.45, 7) is 10.5. The molecule has 0 aromatic rings. The van der Waals surface area contributed by atoms with Gasteiger partial charge in [-0.3, -0.25) is 0 Å². The van der Waals surface area contributed by atoms with Gasteiger partial charge < -0.3 is 28.4 Å². The van der Waals surface area contributed by atoms with Gasteiger partial charge in [-0.1, -0.05) is 38.5 Å². The summed E-state index contributed by atoms with van der Waals surface area (Å²) >= 11 is 0. The van der Waals surface area contributed by atoms with Crippen LogP contribution < -0.4 is 0 Å². The first-order valence-corrected chi connectivity index (χ1v) is 12.7. The van der Waals surface area contributed by atoms with Gasteiger partial charge in [0.2, 0.25) is 0 Å². The smallest absolute Gasteiger partial charge is 0.147 e. The van der Waals surface area contributed by atoms with Crippen molar-refractivity contribution in [2.24, 2.45) is 0 Å². The van der Waals surface area contributed by atoms with Crippen LogP contribution in [-0.2, 0) is 28.4 Å². The minimum Gasteiger partial charge on any atom is -0.376 e. The van der Waals surface area contributed by atoms with E-state index in [9.17, 15) is 0 Å². The zero-order valence-electron chi connectivity index (χ0n) is 20.5. The van der Waals surface area contributed by atoms with Gasteiger partial charge in [-0.05, 0) is 53.4 Å². The highest BCUT2D eigenvalue weighted by Gasteiger charge is 2.20. The third kappa shape index (κ3) is 13.2. The van der Waals surface area contributed by atoms with Gasteiger partial charge in [0.1, 0.15) is 19.0 Å². The van der Waals surface area contributed by atoms with Gasteiger partial charge in [-0.25, -0.2) is 0 Å². The molecule has 0 aromatic heterocycles. The van der Waals surface area contributed by atoms with Crippen LogP contribution in [0.25, 0.3) is 0 Å². The molecule has 0 N–H and O–H groups in total. The summed E-state index contributed by atoms with van der Waals surface area (Å²) < 4.78 is 35.9. The predicted octanol–water partition coefficient (Wildman–Crippen LogP) is 5.26. The highest BCUT2D eigenvalue weighted by molar-refractivity contribution is 4.68. The average molecular weight is 445 g/mol. The maximum atomic E-state index is 6.13. The standard InChI is InChI=1S/C25H48O6/c1-20(2)26-15-24(17-28-22-11-7-5-8-12-22)30-19-31-25(16-27-21(3)4)18-29-23-13-9-6-10-14-23/h20-25H,5-19H2,1-4H3. The van der Waals surface area contributed by atoms with Crippen molar-refractivity contribution in [2.45, 2.75) is 129 Å². The maximum Gasteiger partial charge on any atom is 0.147 e. The van der Waals surface area contributed by atoms with Crippen LogP contribution in [-0.4, -0.2) is 69.8 Å². The van der Waals surface area contributed by atoms with Gasteiger partial charge in [0.05, 0.1) is 50.8 Å². The first-order chi connectivity index (χ1) is 15.0. The quantitative estimate of drug-likeness (QED) is 0.303. The van der Waals surface area contributed by atoms with E-state index in [1.807, 2.05) is 27.7 Å². The van der Waals surface area contributed by atoms with Gasteiger partial charge in [0.15, 0.2) is 0 Å². The molecule has 2 rings (SSSR count). The van der Waals surface area contributed by atoms with Crippen molar-refractivity contribution in [3.8, 4) is 0 Å². The molecule has 0 aromatic carbocycles. The second kappa shape index (κ2) is 16.4. The fourth-order valence-electron chi connectivity index (χ4n) is 4.07. The molecule has 6 heteroatoms. The van der Waals surface area contributed by atoms with Crippen LogP contribution in [0.1, 0.15) is 91.9 Å². The summed E-state index contributed by atoms with van der Waals surface area (Å²) in [5.41, 5.74) is 0. The molecule has 2 atom stereocenters. The van der Waals surface area contributed by atoms with E-state index in [0.717, 1.165) is 25.7 Å². The Morgan fingerprint density at radius 1 is 0.516 bits per heavy atom. The van der Waals surface area contributed by atoms with Crippen molar-refractivity contribution in [2.75, 3.05) is 33.2 Å².